The van der Waals surface area contributed by atoms with Crippen molar-refractivity contribution in [3.63, 3.8) is 0 Å². The topological polar surface area (TPSA) is 67.6 Å². The van der Waals surface area contributed by atoms with Gasteiger partial charge in [0.15, 0.2) is 11.5 Å². The van der Waals surface area contributed by atoms with E-state index in [9.17, 15) is 4.79 Å². The number of nitrogens with zero attached hydrogens (tertiary/aromatic N) is 2. The van der Waals surface area contributed by atoms with E-state index in [0.717, 1.165) is 36.5 Å². The number of hydrogen-bond donors (Lipinski definition) is 1. The van der Waals surface area contributed by atoms with Crippen molar-refractivity contribution in [3.8, 4) is 5.75 Å². The number of aromatic nitrogens is 1. The summed E-state index contributed by atoms with van der Waals surface area (Å²) in [6.45, 7) is 3.84. The molecule has 1 aromatic heterocycles. The molecule has 0 bridgehead atoms. The van der Waals surface area contributed by atoms with Gasteiger partial charge in [-0.3, -0.25) is 4.79 Å². The molecule has 2 heterocycles. The van der Waals surface area contributed by atoms with Gasteiger partial charge in [0, 0.05) is 25.1 Å². The van der Waals surface area contributed by atoms with Crippen LogP contribution in [0, 0.1) is 0 Å². The van der Waals surface area contributed by atoms with Gasteiger partial charge in [-0.1, -0.05) is 25.0 Å². The molecular formula is C24H29N3O3. The molecule has 1 aliphatic heterocycles. The van der Waals surface area contributed by atoms with Crippen molar-refractivity contribution >= 4 is 17.0 Å². The molecule has 0 spiro atoms. The maximum Gasteiger partial charge on any atom is 0.251 e. The number of carbonyl (C=O) groups is 1. The molecule has 30 heavy (non-hydrogen) atoms. The van der Waals surface area contributed by atoms with Crippen LogP contribution in [-0.4, -0.2) is 49.1 Å². The average molecular weight is 408 g/mol. The number of benzene rings is 2. The van der Waals surface area contributed by atoms with Crippen LogP contribution in [0.4, 0.5) is 0 Å². The lowest BCUT2D eigenvalue weighted by atomic mass is 10.1. The summed E-state index contributed by atoms with van der Waals surface area (Å²) in [7, 11) is 1.65. The molecule has 1 N–H and O–H groups in total. The van der Waals surface area contributed by atoms with E-state index in [0.29, 0.717) is 30.0 Å². The first-order valence-corrected chi connectivity index (χ1v) is 10.7. The number of hydrogen-bond acceptors (Lipinski definition) is 5. The summed E-state index contributed by atoms with van der Waals surface area (Å²) in [5.41, 5.74) is 3.10. The van der Waals surface area contributed by atoms with Crippen LogP contribution in [-0.2, 0) is 6.42 Å². The Morgan fingerprint density at radius 2 is 1.87 bits per heavy atom. The van der Waals surface area contributed by atoms with E-state index in [1.807, 2.05) is 36.4 Å². The van der Waals surface area contributed by atoms with E-state index in [4.69, 9.17) is 9.15 Å². The second-order valence-corrected chi connectivity index (χ2v) is 7.83. The quantitative estimate of drug-likeness (QED) is 0.640. The molecule has 2 aromatic carbocycles. The second-order valence-electron chi connectivity index (χ2n) is 7.83. The van der Waals surface area contributed by atoms with Gasteiger partial charge in [-0.05, 0) is 61.8 Å². The van der Waals surface area contributed by atoms with E-state index in [1.165, 1.54) is 25.7 Å². The monoisotopic (exact) mass is 407 g/mol. The van der Waals surface area contributed by atoms with Gasteiger partial charge in [-0.25, -0.2) is 4.98 Å². The minimum Gasteiger partial charge on any atom is -0.497 e. The molecule has 0 saturated carbocycles. The SMILES string of the molecule is COc1ccc(Cc2nc3ccc(C(=O)NCCN4CCCCCC4)cc3o2)cc1. The van der Waals surface area contributed by atoms with Gasteiger partial charge in [0.25, 0.3) is 5.91 Å². The van der Waals surface area contributed by atoms with Crippen LogP contribution < -0.4 is 10.1 Å². The fraction of sp³-hybridized carbons (Fsp3) is 0.417. The number of methoxy groups -OCH3 is 1. The lowest BCUT2D eigenvalue weighted by molar-refractivity contribution is 0.0948. The average Bonchev–Trinajstić information content (AvgIpc) is 2.98. The lowest BCUT2D eigenvalue weighted by Crippen LogP contribution is -2.35. The predicted molar refractivity (Wildman–Crippen MR) is 117 cm³/mol. The summed E-state index contributed by atoms with van der Waals surface area (Å²) in [5, 5.41) is 3.03. The number of carbonyl (C=O) groups excluding carboxylic acids is 1. The molecular weight excluding hydrogens is 378 g/mol. The van der Waals surface area contributed by atoms with Crippen molar-refractivity contribution in [3.05, 3.63) is 59.5 Å². The van der Waals surface area contributed by atoms with Crippen molar-refractivity contribution < 1.29 is 13.9 Å². The number of oxazole rings is 1. The van der Waals surface area contributed by atoms with E-state index in [-0.39, 0.29) is 5.91 Å². The Bertz CT molecular complexity index is 973. The van der Waals surface area contributed by atoms with Crippen molar-refractivity contribution in [2.45, 2.75) is 32.1 Å². The number of nitrogens with one attached hydrogen (secondary N) is 1. The van der Waals surface area contributed by atoms with Gasteiger partial charge < -0.3 is 19.4 Å². The van der Waals surface area contributed by atoms with Gasteiger partial charge in [0.2, 0.25) is 0 Å². The summed E-state index contributed by atoms with van der Waals surface area (Å²) in [4.78, 5) is 19.5. The Morgan fingerprint density at radius 1 is 1.10 bits per heavy atom. The van der Waals surface area contributed by atoms with Crippen LogP contribution in [0.5, 0.6) is 5.75 Å². The Kier molecular flexibility index (Phi) is 6.64. The molecule has 0 unspecified atom stereocenters. The lowest BCUT2D eigenvalue weighted by Gasteiger charge is -2.19. The highest BCUT2D eigenvalue weighted by Crippen LogP contribution is 2.20. The molecule has 1 aliphatic rings. The van der Waals surface area contributed by atoms with Crippen LogP contribution in [0.2, 0.25) is 0 Å². The first-order valence-electron chi connectivity index (χ1n) is 10.7. The van der Waals surface area contributed by atoms with Gasteiger partial charge in [0.05, 0.1) is 7.11 Å². The van der Waals surface area contributed by atoms with Crippen molar-refractivity contribution in [1.29, 1.82) is 0 Å². The first kappa shape index (κ1) is 20.4. The van der Waals surface area contributed by atoms with Crippen molar-refractivity contribution in [1.82, 2.24) is 15.2 Å². The normalized spacial score (nSPS) is 15.1. The molecule has 0 atom stereocenters. The van der Waals surface area contributed by atoms with Gasteiger partial charge in [0.1, 0.15) is 11.3 Å². The van der Waals surface area contributed by atoms with Gasteiger partial charge in [-0.2, -0.15) is 0 Å². The predicted octanol–water partition coefficient (Wildman–Crippen LogP) is 4.03. The maximum absolute atomic E-state index is 12.6. The molecule has 6 nitrogen and oxygen atoms in total. The second kappa shape index (κ2) is 9.76. The molecule has 4 rings (SSSR count). The minimum absolute atomic E-state index is 0.0696. The Labute approximate surface area is 177 Å². The third-order valence-electron chi connectivity index (χ3n) is 5.62. The van der Waals surface area contributed by atoms with Crippen LogP contribution in [0.3, 0.4) is 0 Å². The summed E-state index contributed by atoms with van der Waals surface area (Å²) in [6.07, 6.45) is 5.75. The Hall–Kier alpha value is -2.86. The number of rotatable bonds is 7. The smallest absolute Gasteiger partial charge is 0.251 e. The zero-order valence-electron chi connectivity index (χ0n) is 17.5. The van der Waals surface area contributed by atoms with E-state index in [1.54, 1.807) is 13.2 Å². The van der Waals surface area contributed by atoms with Gasteiger partial charge >= 0.3 is 0 Å². The fourth-order valence-corrected chi connectivity index (χ4v) is 3.90. The van der Waals surface area contributed by atoms with E-state index < -0.39 is 0 Å². The molecule has 0 radical (unpaired) electrons. The zero-order chi connectivity index (χ0) is 20.8. The third kappa shape index (κ3) is 5.19. The third-order valence-corrected chi connectivity index (χ3v) is 5.62. The standard InChI is InChI=1S/C24H29N3O3/c1-29-20-9-6-18(7-10-20)16-23-26-21-11-8-19(17-22(21)30-23)24(28)25-12-15-27-13-4-2-3-5-14-27/h6-11,17H,2-5,12-16H2,1H3,(H,25,28). The van der Waals surface area contributed by atoms with Crippen molar-refractivity contribution in [2.75, 3.05) is 33.3 Å². The minimum atomic E-state index is -0.0696. The molecule has 1 amide bonds. The summed E-state index contributed by atoms with van der Waals surface area (Å²) in [6, 6.07) is 13.3. The number of fused-ring (bicyclic) bond motifs is 1. The Balaban J connectivity index is 1.35. The highest BCUT2D eigenvalue weighted by atomic mass is 16.5. The summed E-state index contributed by atoms with van der Waals surface area (Å²) >= 11 is 0. The van der Waals surface area contributed by atoms with Crippen LogP contribution >= 0.6 is 0 Å². The first-order chi connectivity index (χ1) is 14.7. The van der Waals surface area contributed by atoms with E-state index >= 15 is 0 Å². The summed E-state index contributed by atoms with van der Waals surface area (Å²) < 4.78 is 11.1. The molecule has 3 aromatic rings. The van der Waals surface area contributed by atoms with Crippen molar-refractivity contribution in [2.24, 2.45) is 0 Å². The van der Waals surface area contributed by atoms with Crippen LogP contribution in [0.1, 0.15) is 47.5 Å². The maximum atomic E-state index is 12.6. The van der Waals surface area contributed by atoms with Crippen LogP contribution in [0.15, 0.2) is 46.9 Å². The van der Waals surface area contributed by atoms with Crippen LogP contribution in [0.25, 0.3) is 11.1 Å². The molecule has 1 saturated heterocycles. The molecule has 0 aliphatic carbocycles. The molecule has 6 heteroatoms. The highest BCUT2D eigenvalue weighted by molar-refractivity contribution is 5.97. The Morgan fingerprint density at radius 3 is 2.60 bits per heavy atom. The number of likely N-dealkylation sites (tertiary alicyclic amines) is 1. The zero-order valence-corrected chi connectivity index (χ0v) is 17.5. The molecule has 1 fully saturated rings. The number of amides is 1. The highest BCUT2D eigenvalue weighted by Gasteiger charge is 2.13. The largest absolute Gasteiger partial charge is 0.497 e. The number of ether oxygens (including phenoxy) is 1. The molecule has 158 valence electrons. The van der Waals surface area contributed by atoms with E-state index in [2.05, 4.69) is 15.2 Å². The van der Waals surface area contributed by atoms with Gasteiger partial charge in [-0.15, -0.1) is 0 Å². The fourth-order valence-electron chi connectivity index (χ4n) is 3.90. The summed E-state index contributed by atoms with van der Waals surface area (Å²) in [5.74, 6) is 1.39.